The third-order valence-electron chi connectivity index (χ3n) is 2.32. The van der Waals surface area contributed by atoms with Crippen LogP contribution in [0.5, 0.6) is 0 Å². The lowest BCUT2D eigenvalue weighted by atomic mass is 10.2. The fourth-order valence-electron chi connectivity index (χ4n) is 1.48. The van der Waals surface area contributed by atoms with Crippen molar-refractivity contribution in [3.63, 3.8) is 0 Å². The molecule has 17 heavy (non-hydrogen) atoms. The van der Waals surface area contributed by atoms with Crippen LogP contribution in [0.1, 0.15) is 39.5 Å². The van der Waals surface area contributed by atoms with Crippen molar-refractivity contribution < 1.29 is 9.52 Å². The summed E-state index contributed by atoms with van der Waals surface area (Å²) in [5.41, 5.74) is 0. The third kappa shape index (κ3) is 5.61. The number of aliphatic hydroxyl groups excluding tert-OH is 1. The lowest BCUT2D eigenvalue weighted by Crippen LogP contribution is -2.35. The monoisotopic (exact) mass is 257 g/mol. The number of hydrogen-bond donors (Lipinski definition) is 2. The SMILES string of the molecule is CC(CSC(C)(C)C)NC(CO)c1ccco1. The molecule has 0 radical (unpaired) electrons. The fourth-order valence-corrected chi connectivity index (χ4v) is 2.33. The summed E-state index contributed by atoms with van der Waals surface area (Å²) in [5, 5.41) is 12.7. The van der Waals surface area contributed by atoms with Crippen LogP contribution in [0.4, 0.5) is 0 Å². The molecule has 0 fully saturated rings. The first-order chi connectivity index (χ1) is 7.92. The van der Waals surface area contributed by atoms with Crippen LogP contribution in [0.3, 0.4) is 0 Å². The Morgan fingerprint density at radius 3 is 2.65 bits per heavy atom. The normalized spacial score (nSPS) is 15.8. The molecule has 0 saturated carbocycles. The second-order valence-electron chi connectivity index (χ2n) is 5.24. The van der Waals surface area contributed by atoms with E-state index in [1.54, 1.807) is 6.26 Å². The van der Waals surface area contributed by atoms with E-state index in [-0.39, 0.29) is 17.4 Å². The van der Waals surface area contributed by atoms with Crippen molar-refractivity contribution in [2.24, 2.45) is 0 Å². The minimum Gasteiger partial charge on any atom is -0.468 e. The maximum absolute atomic E-state index is 9.35. The zero-order valence-electron chi connectivity index (χ0n) is 11.1. The van der Waals surface area contributed by atoms with Gasteiger partial charge in [-0.2, -0.15) is 11.8 Å². The van der Waals surface area contributed by atoms with Gasteiger partial charge in [-0.1, -0.05) is 20.8 Å². The summed E-state index contributed by atoms with van der Waals surface area (Å²) in [6.45, 7) is 8.81. The third-order valence-corrected chi connectivity index (χ3v) is 3.85. The van der Waals surface area contributed by atoms with Gasteiger partial charge in [-0.05, 0) is 19.1 Å². The highest BCUT2D eigenvalue weighted by Gasteiger charge is 2.18. The summed E-state index contributed by atoms with van der Waals surface area (Å²) in [6, 6.07) is 3.95. The van der Waals surface area contributed by atoms with Crippen LogP contribution in [0, 0.1) is 0 Å². The van der Waals surface area contributed by atoms with Gasteiger partial charge in [0.2, 0.25) is 0 Å². The Labute approximate surface area is 108 Å². The molecule has 1 aromatic rings. The van der Waals surface area contributed by atoms with E-state index in [0.29, 0.717) is 6.04 Å². The predicted molar refractivity (Wildman–Crippen MR) is 73.3 cm³/mol. The molecule has 98 valence electrons. The van der Waals surface area contributed by atoms with E-state index < -0.39 is 0 Å². The standard InChI is InChI=1S/C13H23NO2S/c1-10(9-17-13(2,3)4)14-11(8-15)12-6-5-7-16-12/h5-7,10-11,14-15H,8-9H2,1-4H3. The molecule has 3 nitrogen and oxygen atoms in total. The Bertz CT molecular complexity index is 306. The number of thioether (sulfide) groups is 1. The van der Waals surface area contributed by atoms with Crippen molar-refractivity contribution in [1.82, 2.24) is 5.32 Å². The van der Waals surface area contributed by atoms with Gasteiger partial charge in [0.1, 0.15) is 5.76 Å². The van der Waals surface area contributed by atoms with E-state index >= 15 is 0 Å². The van der Waals surface area contributed by atoms with Crippen molar-refractivity contribution in [2.75, 3.05) is 12.4 Å². The van der Waals surface area contributed by atoms with Gasteiger partial charge in [0, 0.05) is 16.5 Å². The zero-order chi connectivity index (χ0) is 12.9. The molecule has 0 saturated heterocycles. The Morgan fingerprint density at radius 1 is 1.47 bits per heavy atom. The van der Waals surface area contributed by atoms with E-state index in [0.717, 1.165) is 11.5 Å². The smallest absolute Gasteiger partial charge is 0.123 e. The molecule has 0 aromatic carbocycles. The highest BCUT2D eigenvalue weighted by atomic mass is 32.2. The van der Waals surface area contributed by atoms with E-state index in [1.165, 1.54) is 0 Å². The van der Waals surface area contributed by atoms with E-state index in [1.807, 2.05) is 23.9 Å². The second kappa shape index (κ2) is 6.47. The van der Waals surface area contributed by atoms with Crippen molar-refractivity contribution in [2.45, 2.75) is 44.5 Å². The second-order valence-corrected chi connectivity index (χ2v) is 7.09. The summed E-state index contributed by atoms with van der Waals surface area (Å²) >= 11 is 1.92. The summed E-state index contributed by atoms with van der Waals surface area (Å²) in [4.78, 5) is 0. The number of furan rings is 1. The maximum Gasteiger partial charge on any atom is 0.123 e. The predicted octanol–water partition coefficient (Wildman–Crippen LogP) is 2.82. The Morgan fingerprint density at radius 2 is 2.18 bits per heavy atom. The first kappa shape index (κ1) is 14.6. The van der Waals surface area contributed by atoms with Gasteiger partial charge < -0.3 is 14.8 Å². The van der Waals surface area contributed by atoms with Gasteiger partial charge in [0.15, 0.2) is 0 Å². The average molecular weight is 257 g/mol. The molecule has 0 aliphatic rings. The van der Waals surface area contributed by atoms with Crippen LogP contribution in [-0.4, -0.2) is 28.3 Å². The molecular formula is C13H23NO2S. The molecule has 4 heteroatoms. The van der Waals surface area contributed by atoms with Gasteiger partial charge in [-0.3, -0.25) is 0 Å². The van der Waals surface area contributed by atoms with Crippen LogP contribution >= 0.6 is 11.8 Å². The number of aliphatic hydroxyl groups is 1. The maximum atomic E-state index is 9.35. The number of nitrogens with one attached hydrogen (secondary N) is 1. The first-order valence-corrected chi connectivity index (χ1v) is 6.95. The number of hydrogen-bond acceptors (Lipinski definition) is 4. The van der Waals surface area contributed by atoms with Crippen LogP contribution < -0.4 is 5.32 Å². The average Bonchev–Trinajstić information content (AvgIpc) is 2.75. The van der Waals surface area contributed by atoms with Gasteiger partial charge in [-0.25, -0.2) is 0 Å². The van der Waals surface area contributed by atoms with Gasteiger partial charge in [0.25, 0.3) is 0 Å². The largest absolute Gasteiger partial charge is 0.468 e. The fraction of sp³-hybridized carbons (Fsp3) is 0.692. The minimum atomic E-state index is -0.111. The summed E-state index contributed by atoms with van der Waals surface area (Å²) in [5.74, 6) is 1.81. The molecule has 2 N–H and O–H groups in total. The Kier molecular flexibility index (Phi) is 5.56. The minimum absolute atomic E-state index is 0.0536. The van der Waals surface area contributed by atoms with Gasteiger partial charge in [-0.15, -0.1) is 0 Å². The molecule has 0 amide bonds. The Balaban J connectivity index is 2.41. The van der Waals surface area contributed by atoms with Crippen molar-refractivity contribution in [3.05, 3.63) is 24.2 Å². The summed E-state index contributed by atoms with van der Waals surface area (Å²) in [6.07, 6.45) is 1.63. The molecule has 0 aliphatic carbocycles. The van der Waals surface area contributed by atoms with Gasteiger partial charge in [0.05, 0.1) is 18.9 Å². The molecule has 0 spiro atoms. The Hall–Kier alpha value is -0.450. The highest BCUT2D eigenvalue weighted by Crippen LogP contribution is 2.24. The van der Waals surface area contributed by atoms with E-state index in [9.17, 15) is 5.11 Å². The topological polar surface area (TPSA) is 45.4 Å². The van der Waals surface area contributed by atoms with Crippen LogP contribution in [0.2, 0.25) is 0 Å². The van der Waals surface area contributed by atoms with Crippen molar-refractivity contribution in [3.8, 4) is 0 Å². The molecule has 1 aromatic heterocycles. The van der Waals surface area contributed by atoms with Crippen LogP contribution in [-0.2, 0) is 0 Å². The molecular weight excluding hydrogens is 234 g/mol. The highest BCUT2D eigenvalue weighted by molar-refractivity contribution is 8.00. The molecule has 2 unspecified atom stereocenters. The molecule has 1 rings (SSSR count). The summed E-state index contributed by atoms with van der Waals surface area (Å²) < 4.78 is 5.58. The zero-order valence-corrected chi connectivity index (χ0v) is 11.9. The molecule has 0 aliphatic heterocycles. The molecule has 0 bridgehead atoms. The summed E-state index contributed by atoms with van der Waals surface area (Å²) in [7, 11) is 0. The number of rotatable bonds is 6. The van der Waals surface area contributed by atoms with E-state index in [4.69, 9.17) is 4.42 Å². The lowest BCUT2D eigenvalue weighted by Gasteiger charge is -2.24. The molecule has 1 heterocycles. The quantitative estimate of drug-likeness (QED) is 0.822. The van der Waals surface area contributed by atoms with E-state index in [2.05, 4.69) is 33.0 Å². The lowest BCUT2D eigenvalue weighted by molar-refractivity contribution is 0.219. The van der Waals surface area contributed by atoms with Crippen LogP contribution in [0.25, 0.3) is 0 Å². The van der Waals surface area contributed by atoms with Crippen molar-refractivity contribution >= 4 is 11.8 Å². The van der Waals surface area contributed by atoms with Crippen molar-refractivity contribution in [1.29, 1.82) is 0 Å². The first-order valence-electron chi connectivity index (χ1n) is 5.96. The molecule has 2 atom stereocenters. The van der Waals surface area contributed by atoms with Crippen LogP contribution in [0.15, 0.2) is 22.8 Å². The van der Waals surface area contributed by atoms with Gasteiger partial charge >= 0.3 is 0 Å².